The summed E-state index contributed by atoms with van der Waals surface area (Å²) in [6.07, 6.45) is 3.72. The van der Waals surface area contributed by atoms with Crippen molar-refractivity contribution in [2.75, 3.05) is 0 Å². The summed E-state index contributed by atoms with van der Waals surface area (Å²) < 4.78 is 44.2. The highest BCUT2D eigenvalue weighted by Gasteiger charge is 2.21. The van der Waals surface area contributed by atoms with Gasteiger partial charge in [0.25, 0.3) is 0 Å². The molecule has 6 heteroatoms. The van der Waals surface area contributed by atoms with Crippen LogP contribution in [0.3, 0.4) is 0 Å². The van der Waals surface area contributed by atoms with Crippen molar-refractivity contribution in [1.29, 1.82) is 0 Å². The lowest BCUT2D eigenvalue weighted by atomic mass is 10.2. The minimum Gasteiger partial charge on any atom is -0.444 e. The molecule has 3 rings (SSSR count). The average molecular weight is 268 g/mol. The molecule has 3 nitrogen and oxygen atoms in total. The first-order valence-electron chi connectivity index (χ1n) is 5.96. The van der Waals surface area contributed by atoms with Gasteiger partial charge < -0.3 is 9.73 Å². The van der Waals surface area contributed by atoms with Crippen LogP contribution in [0.5, 0.6) is 0 Å². The summed E-state index contributed by atoms with van der Waals surface area (Å²) in [4.78, 5) is 4.11. The van der Waals surface area contributed by atoms with Crippen LogP contribution in [-0.4, -0.2) is 11.0 Å². The number of oxazole rings is 1. The van der Waals surface area contributed by atoms with Crippen molar-refractivity contribution in [3.05, 3.63) is 41.5 Å². The second-order valence-electron chi connectivity index (χ2n) is 4.55. The summed E-state index contributed by atoms with van der Waals surface area (Å²) in [5.74, 6) is -3.94. The maximum absolute atomic E-state index is 13.1. The van der Waals surface area contributed by atoms with Crippen LogP contribution in [0, 0.1) is 17.5 Å². The Kier molecular flexibility index (Phi) is 3.02. The van der Waals surface area contributed by atoms with E-state index in [4.69, 9.17) is 4.42 Å². The van der Waals surface area contributed by atoms with E-state index >= 15 is 0 Å². The fourth-order valence-corrected chi connectivity index (χ4v) is 1.74. The molecule has 0 saturated heterocycles. The molecule has 0 amide bonds. The molecule has 1 aliphatic carbocycles. The van der Waals surface area contributed by atoms with Gasteiger partial charge in [-0.3, -0.25) is 0 Å². The standard InChI is InChI=1S/C13H11F3N2O/c14-10-3-7(4-11(15)12(10)16)13-18-9(6-19-13)5-17-8-1-2-8/h3-4,6,8,17H,1-2,5H2. The molecule has 1 aromatic carbocycles. The number of aromatic nitrogens is 1. The molecule has 0 radical (unpaired) electrons. The molecule has 1 aromatic heterocycles. The lowest BCUT2D eigenvalue weighted by Gasteiger charge is -1.99. The lowest BCUT2D eigenvalue weighted by molar-refractivity contribution is 0.446. The Morgan fingerprint density at radius 1 is 1.21 bits per heavy atom. The van der Waals surface area contributed by atoms with Gasteiger partial charge in [-0.1, -0.05) is 0 Å². The highest BCUT2D eigenvalue weighted by atomic mass is 19.2. The summed E-state index contributed by atoms with van der Waals surface area (Å²) in [6.45, 7) is 0.542. The maximum Gasteiger partial charge on any atom is 0.226 e. The van der Waals surface area contributed by atoms with Crippen LogP contribution in [0.1, 0.15) is 18.5 Å². The molecule has 1 aliphatic rings. The SMILES string of the molecule is Fc1cc(-c2nc(CNC3CC3)co2)cc(F)c1F. The normalized spacial score (nSPS) is 14.9. The van der Waals surface area contributed by atoms with Crippen LogP contribution >= 0.6 is 0 Å². The van der Waals surface area contributed by atoms with E-state index in [0.29, 0.717) is 18.3 Å². The number of benzene rings is 1. The molecular formula is C13H11F3N2O. The van der Waals surface area contributed by atoms with Crippen LogP contribution in [-0.2, 0) is 6.54 Å². The molecule has 100 valence electrons. The van der Waals surface area contributed by atoms with Crippen LogP contribution in [0.25, 0.3) is 11.5 Å². The van der Waals surface area contributed by atoms with Crippen molar-refractivity contribution in [2.24, 2.45) is 0 Å². The topological polar surface area (TPSA) is 38.1 Å². The quantitative estimate of drug-likeness (QED) is 0.866. The Morgan fingerprint density at radius 3 is 2.53 bits per heavy atom. The molecule has 1 saturated carbocycles. The van der Waals surface area contributed by atoms with E-state index in [0.717, 1.165) is 25.0 Å². The van der Waals surface area contributed by atoms with Gasteiger partial charge in [-0.25, -0.2) is 18.2 Å². The highest BCUT2D eigenvalue weighted by molar-refractivity contribution is 5.53. The zero-order valence-electron chi connectivity index (χ0n) is 9.92. The van der Waals surface area contributed by atoms with Crippen molar-refractivity contribution < 1.29 is 17.6 Å². The van der Waals surface area contributed by atoms with Crippen LogP contribution in [0.4, 0.5) is 13.2 Å². The molecule has 0 spiro atoms. The van der Waals surface area contributed by atoms with Gasteiger partial charge in [0.05, 0.1) is 5.69 Å². The third-order valence-electron chi connectivity index (χ3n) is 2.93. The van der Waals surface area contributed by atoms with Crippen LogP contribution in [0.2, 0.25) is 0 Å². The largest absolute Gasteiger partial charge is 0.444 e. The van der Waals surface area contributed by atoms with Gasteiger partial charge in [-0.15, -0.1) is 0 Å². The Hall–Kier alpha value is -1.82. The summed E-state index contributed by atoms with van der Waals surface area (Å²) in [6, 6.07) is 2.26. The molecule has 1 N–H and O–H groups in total. The molecular weight excluding hydrogens is 257 g/mol. The van der Waals surface area contributed by atoms with E-state index in [1.165, 1.54) is 6.26 Å². The second kappa shape index (κ2) is 4.70. The van der Waals surface area contributed by atoms with Crippen molar-refractivity contribution in [1.82, 2.24) is 10.3 Å². The number of nitrogens with one attached hydrogen (secondary N) is 1. The summed E-state index contributed by atoms with van der Waals surface area (Å²) in [5, 5.41) is 3.24. The average Bonchev–Trinajstić information content (AvgIpc) is 3.10. The summed E-state index contributed by atoms with van der Waals surface area (Å²) in [5.41, 5.74) is 0.723. The van der Waals surface area contributed by atoms with E-state index in [1.54, 1.807) is 0 Å². The Bertz CT molecular complexity index is 585. The smallest absolute Gasteiger partial charge is 0.226 e. The van der Waals surface area contributed by atoms with Gasteiger partial charge in [0, 0.05) is 18.2 Å². The fourth-order valence-electron chi connectivity index (χ4n) is 1.74. The van der Waals surface area contributed by atoms with Gasteiger partial charge in [0.15, 0.2) is 17.5 Å². The van der Waals surface area contributed by atoms with Gasteiger partial charge >= 0.3 is 0 Å². The monoisotopic (exact) mass is 268 g/mol. The first-order valence-corrected chi connectivity index (χ1v) is 5.96. The fraction of sp³-hybridized carbons (Fsp3) is 0.308. The number of nitrogens with zero attached hydrogens (tertiary/aromatic N) is 1. The van der Waals surface area contributed by atoms with Gasteiger partial charge in [0.2, 0.25) is 5.89 Å². The lowest BCUT2D eigenvalue weighted by Crippen LogP contribution is -2.15. The minimum absolute atomic E-state index is 0.0744. The molecule has 19 heavy (non-hydrogen) atoms. The molecule has 0 atom stereocenters. The third kappa shape index (κ3) is 2.63. The van der Waals surface area contributed by atoms with E-state index in [9.17, 15) is 13.2 Å². The first kappa shape index (κ1) is 12.2. The molecule has 1 heterocycles. The number of hydrogen-bond donors (Lipinski definition) is 1. The zero-order chi connectivity index (χ0) is 13.4. The predicted molar refractivity (Wildman–Crippen MR) is 61.7 cm³/mol. The number of halogens is 3. The minimum atomic E-state index is -1.49. The van der Waals surface area contributed by atoms with E-state index in [1.807, 2.05) is 0 Å². The zero-order valence-corrected chi connectivity index (χ0v) is 9.92. The predicted octanol–water partition coefficient (Wildman–Crippen LogP) is 3.01. The number of rotatable bonds is 4. The Morgan fingerprint density at radius 2 is 1.89 bits per heavy atom. The van der Waals surface area contributed by atoms with Gasteiger partial charge in [-0.2, -0.15) is 0 Å². The van der Waals surface area contributed by atoms with Crippen LogP contribution < -0.4 is 5.32 Å². The van der Waals surface area contributed by atoms with E-state index in [2.05, 4.69) is 10.3 Å². The highest BCUT2D eigenvalue weighted by Crippen LogP contribution is 2.24. The number of hydrogen-bond acceptors (Lipinski definition) is 3. The maximum atomic E-state index is 13.1. The second-order valence-corrected chi connectivity index (χ2v) is 4.55. The summed E-state index contributed by atoms with van der Waals surface area (Å²) >= 11 is 0. The molecule has 2 aromatic rings. The summed E-state index contributed by atoms with van der Waals surface area (Å²) in [7, 11) is 0. The third-order valence-corrected chi connectivity index (χ3v) is 2.93. The van der Waals surface area contributed by atoms with Gasteiger partial charge in [0.1, 0.15) is 6.26 Å². The molecule has 1 fully saturated rings. The van der Waals surface area contributed by atoms with Crippen molar-refractivity contribution in [2.45, 2.75) is 25.4 Å². The Balaban J connectivity index is 1.81. The molecule has 0 aliphatic heterocycles. The van der Waals surface area contributed by atoms with Crippen molar-refractivity contribution in [3.8, 4) is 11.5 Å². The van der Waals surface area contributed by atoms with Crippen molar-refractivity contribution in [3.63, 3.8) is 0 Å². The molecule has 0 bridgehead atoms. The van der Waals surface area contributed by atoms with E-state index < -0.39 is 17.5 Å². The Labute approximate surface area is 107 Å². The van der Waals surface area contributed by atoms with Crippen molar-refractivity contribution >= 4 is 0 Å². The molecule has 0 unspecified atom stereocenters. The van der Waals surface area contributed by atoms with Crippen LogP contribution in [0.15, 0.2) is 22.8 Å². The van der Waals surface area contributed by atoms with E-state index in [-0.39, 0.29) is 11.5 Å². The van der Waals surface area contributed by atoms with Gasteiger partial charge in [-0.05, 0) is 25.0 Å². The first-order chi connectivity index (χ1) is 9.13.